The van der Waals surface area contributed by atoms with Crippen molar-refractivity contribution in [3.8, 4) is 0 Å². The number of nitrogens with one attached hydrogen (secondary N) is 2. The molecular formula is C20H14Cl2N2O2S. The second kappa shape index (κ2) is 7.64. The lowest BCUT2D eigenvalue weighted by atomic mass is 10.1. The van der Waals surface area contributed by atoms with Gasteiger partial charge in [-0.2, -0.15) is 0 Å². The predicted molar refractivity (Wildman–Crippen MR) is 112 cm³/mol. The molecule has 0 aliphatic heterocycles. The van der Waals surface area contributed by atoms with Crippen LogP contribution in [-0.2, 0) is 6.54 Å². The van der Waals surface area contributed by atoms with Crippen molar-refractivity contribution in [3.05, 3.63) is 80.7 Å². The zero-order valence-electron chi connectivity index (χ0n) is 14.0. The van der Waals surface area contributed by atoms with Crippen molar-refractivity contribution in [2.45, 2.75) is 6.54 Å². The molecule has 7 heteroatoms. The van der Waals surface area contributed by atoms with Crippen LogP contribution in [0.4, 0.5) is 11.4 Å². The number of hydrogen-bond donors (Lipinski definition) is 2. The van der Waals surface area contributed by atoms with Gasteiger partial charge in [-0.1, -0.05) is 23.2 Å². The maximum Gasteiger partial charge on any atom is 0.255 e. The van der Waals surface area contributed by atoms with Crippen molar-refractivity contribution in [1.29, 1.82) is 0 Å². The minimum Gasteiger partial charge on any atom is -0.464 e. The molecule has 136 valence electrons. The van der Waals surface area contributed by atoms with Crippen LogP contribution >= 0.6 is 34.5 Å². The normalized spacial score (nSPS) is 10.9. The van der Waals surface area contributed by atoms with Crippen LogP contribution in [0.25, 0.3) is 11.0 Å². The van der Waals surface area contributed by atoms with E-state index >= 15 is 0 Å². The van der Waals surface area contributed by atoms with E-state index in [4.69, 9.17) is 27.6 Å². The topological polar surface area (TPSA) is 54.3 Å². The fraction of sp³-hybridized carbons (Fsp3) is 0.0500. The van der Waals surface area contributed by atoms with Crippen molar-refractivity contribution in [3.63, 3.8) is 0 Å². The van der Waals surface area contributed by atoms with Gasteiger partial charge in [0.2, 0.25) is 0 Å². The maximum atomic E-state index is 12.5. The van der Waals surface area contributed by atoms with E-state index in [0.717, 1.165) is 25.9 Å². The summed E-state index contributed by atoms with van der Waals surface area (Å²) in [4.78, 5) is 13.6. The molecule has 4 aromatic rings. The van der Waals surface area contributed by atoms with Gasteiger partial charge in [0.15, 0.2) is 0 Å². The van der Waals surface area contributed by atoms with E-state index in [0.29, 0.717) is 22.8 Å². The van der Waals surface area contributed by atoms with Gasteiger partial charge in [-0.05, 0) is 54.6 Å². The van der Waals surface area contributed by atoms with Gasteiger partial charge >= 0.3 is 0 Å². The molecule has 0 bridgehead atoms. The van der Waals surface area contributed by atoms with Crippen LogP contribution in [0.15, 0.2) is 65.3 Å². The van der Waals surface area contributed by atoms with E-state index in [1.54, 1.807) is 36.6 Å². The lowest BCUT2D eigenvalue weighted by molar-refractivity contribution is 0.102. The molecule has 4 rings (SSSR count). The highest BCUT2D eigenvalue weighted by molar-refractivity contribution is 7.16. The average Bonchev–Trinajstić information content (AvgIpc) is 3.29. The summed E-state index contributed by atoms with van der Waals surface area (Å²) in [5.74, 6) is -0.228. The lowest BCUT2D eigenvalue weighted by Gasteiger charge is -2.10. The highest BCUT2D eigenvalue weighted by atomic mass is 35.5. The van der Waals surface area contributed by atoms with Gasteiger partial charge in [-0.25, -0.2) is 0 Å². The Bertz CT molecular complexity index is 1120. The number of carbonyl (C=O) groups is 1. The molecule has 2 aromatic heterocycles. The molecule has 0 saturated heterocycles. The van der Waals surface area contributed by atoms with Gasteiger partial charge in [0.25, 0.3) is 5.91 Å². The number of rotatable bonds is 5. The molecule has 1 amide bonds. The number of carbonyl (C=O) groups excluding carboxylic acids is 1. The minimum atomic E-state index is -0.228. The Morgan fingerprint density at radius 2 is 1.93 bits per heavy atom. The number of fused-ring (bicyclic) bond motifs is 1. The van der Waals surface area contributed by atoms with Crippen molar-refractivity contribution >= 4 is 62.8 Å². The van der Waals surface area contributed by atoms with Gasteiger partial charge in [-0.3, -0.25) is 4.79 Å². The standard InChI is InChI=1S/C20H14Cl2N2O2S/c21-16-10-14(23-11-15-3-6-19(22)27-15)2-4-17(16)24-20(25)13-1-5-18-12(9-13)7-8-26-18/h1-10,23H,11H2,(H,24,25). The van der Waals surface area contributed by atoms with Gasteiger partial charge in [0, 0.05) is 28.1 Å². The second-order valence-electron chi connectivity index (χ2n) is 5.88. The molecule has 2 N–H and O–H groups in total. The summed E-state index contributed by atoms with van der Waals surface area (Å²) < 4.78 is 6.05. The third kappa shape index (κ3) is 4.11. The third-order valence-corrected chi connectivity index (χ3v) is 5.57. The zero-order chi connectivity index (χ0) is 18.8. The van der Waals surface area contributed by atoms with E-state index in [1.165, 1.54) is 11.3 Å². The first-order valence-electron chi connectivity index (χ1n) is 8.15. The summed E-state index contributed by atoms with van der Waals surface area (Å²) in [6.45, 7) is 0.657. The Labute approximate surface area is 169 Å². The largest absolute Gasteiger partial charge is 0.464 e. The average molecular weight is 417 g/mol. The van der Waals surface area contributed by atoms with E-state index in [-0.39, 0.29) is 5.91 Å². The van der Waals surface area contributed by atoms with Gasteiger partial charge in [-0.15, -0.1) is 11.3 Å². The molecule has 2 aromatic carbocycles. The number of furan rings is 1. The first-order valence-corrected chi connectivity index (χ1v) is 9.72. The molecule has 2 heterocycles. The third-order valence-electron chi connectivity index (χ3n) is 4.03. The molecule has 0 atom stereocenters. The Morgan fingerprint density at radius 1 is 1.04 bits per heavy atom. The molecule has 0 spiro atoms. The lowest BCUT2D eigenvalue weighted by Crippen LogP contribution is -2.12. The van der Waals surface area contributed by atoms with Crippen LogP contribution in [0.2, 0.25) is 9.36 Å². The number of hydrogen-bond acceptors (Lipinski definition) is 4. The zero-order valence-corrected chi connectivity index (χ0v) is 16.3. The maximum absolute atomic E-state index is 12.5. The van der Waals surface area contributed by atoms with Crippen LogP contribution < -0.4 is 10.6 Å². The highest BCUT2D eigenvalue weighted by Crippen LogP contribution is 2.28. The first kappa shape index (κ1) is 17.9. The van der Waals surface area contributed by atoms with Gasteiger partial charge < -0.3 is 15.1 Å². The van der Waals surface area contributed by atoms with E-state index < -0.39 is 0 Å². The summed E-state index contributed by atoms with van der Waals surface area (Å²) in [5.41, 5.74) is 2.70. The Morgan fingerprint density at radius 3 is 2.70 bits per heavy atom. The van der Waals surface area contributed by atoms with Gasteiger partial charge in [0.05, 0.1) is 21.3 Å². The summed E-state index contributed by atoms with van der Waals surface area (Å²) in [6.07, 6.45) is 1.60. The van der Waals surface area contributed by atoms with Crippen LogP contribution in [-0.4, -0.2) is 5.91 Å². The number of anilines is 2. The van der Waals surface area contributed by atoms with Crippen molar-refractivity contribution in [1.82, 2.24) is 0 Å². The number of thiophene rings is 1. The van der Waals surface area contributed by atoms with Crippen LogP contribution in [0.1, 0.15) is 15.2 Å². The SMILES string of the molecule is O=C(Nc1ccc(NCc2ccc(Cl)s2)cc1Cl)c1ccc2occc2c1. The molecule has 0 fully saturated rings. The Balaban J connectivity index is 1.44. The number of benzene rings is 2. The molecule has 4 nitrogen and oxygen atoms in total. The summed E-state index contributed by atoms with van der Waals surface area (Å²) >= 11 is 13.8. The fourth-order valence-electron chi connectivity index (χ4n) is 2.66. The minimum absolute atomic E-state index is 0.228. The fourth-order valence-corrected chi connectivity index (χ4v) is 3.92. The molecule has 0 radical (unpaired) electrons. The molecular weight excluding hydrogens is 403 g/mol. The second-order valence-corrected chi connectivity index (χ2v) is 8.09. The summed E-state index contributed by atoms with van der Waals surface area (Å²) in [6, 6.07) is 16.4. The van der Waals surface area contributed by atoms with Crippen LogP contribution in [0.3, 0.4) is 0 Å². The van der Waals surface area contributed by atoms with Crippen LogP contribution in [0, 0.1) is 0 Å². The summed E-state index contributed by atoms with van der Waals surface area (Å²) in [5, 5.41) is 7.47. The molecule has 0 unspecified atom stereocenters. The molecule has 0 aliphatic carbocycles. The van der Waals surface area contributed by atoms with E-state index in [2.05, 4.69) is 10.6 Å². The molecule has 27 heavy (non-hydrogen) atoms. The predicted octanol–water partition coefficient (Wildman–Crippen LogP) is 6.67. The van der Waals surface area contributed by atoms with E-state index in [9.17, 15) is 4.79 Å². The van der Waals surface area contributed by atoms with Crippen molar-refractivity contribution in [2.24, 2.45) is 0 Å². The monoisotopic (exact) mass is 416 g/mol. The Kier molecular flexibility index (Phi) is 5.07. The van der Waals surface area contributed by atoms with E-state index in [1.807, 2.05) is 24.3 Å². The molecule has 0 aliphatic rings. The van der Waals surface area contributed by atoms with Crippen LogP contribution in [0.5, 0.6) is 0 Å². The van der Waals surface area contributed by atoms with Crippen molar-refractivity contribution in [2.75, 3.05) is 10.6 Å². The van der Waals surface area contributed by atoms with Gasteiger partial charge in [0.1, 0.15) is 5.58 Å². The quantitative estimate of drug-likeness (QED) is 0.382. The number of halogens is 2. The highest BCUT2D eigenvalue weighted by Gasteiger charge is 2.11. The first-order chi connectivity index (χ1) is 13.1. The smallest absolute Gasteiger partial charge is 0.255 e. The Hall–Kier alpha value is -2.47. The van der Waals surface area contributed by atoms with Crippen molar-refractivity contribution < 1.29 is 9.21 Å². The summed E-state index contributed by atoms with van der Waals surface area (Å²) in [7, 11) is 0. The number of amides is 1. The molecule has 0 saturated carbocycles.